The Morgan fingerprint density at radius 1 is 1.42 bits per heavy atom. The molecule has 5 nitrogen and oxygen atoms in total. The van der Waals surface area contributed by atoms with Crippen LogP contribution in [0.15, 0.2) is 24.3 Å². The zero-order chi connectivity index (χ0) is 14.3. The van der Waals surface area contributed by atoms with E-state index in [0.29, 0.717) is 24.6 Å². The smallest absolute Gasteiger partial charge is 0.260 e. The number of carbonyl (C=O) groups is 1. The molecule has 106 valence electrons. The van der Waals surface area contributed by atoms with Gasteiger partial charge in [-0.15, -0.1) is 0 Å². The third kappa shape index (κ3) is 5.18. The van der Waals surface area contributed by atoms with Crippen molar-refractivity contribution in [1.29, 1.82) is 0 Å². The van der Waals surface area contributed by atoms with Crippen molar-refractivity contribution in [1.82, 2.24) is 4.90 Å². The summed E-state index contributed by atoms with van der Waals surface area (Å²) in [5.41, 5.74) is 6.26. The Kier molecular flexibility index (Phi) is 6.15. The molecule has 1 aromatic carbocycles. The third-order valence-electron chi connectivity index (χ3n) is 2.70. The molecule has 1 amide bonds. The summed E-state index contributed by atoms with van der Waals surface area (Å²) in [5, 5.41) is 0. The lowest BCUT2D eigenvalue weighted by Gasteiger charge is -2.26. The molecule has 0 aliphatic carbocycles. The number of carbonyl (C=O) groups excluding carboxylic acids is 1. The molecular formula is C14H22N2O3. The third-order valence-corrected chi connectivity index (χ3v) is 2.70. The van der Waals surface area contributed by atoms with E-state index in [2.05, 4.69) is 0 Å². The quantitative estimate of drug-likeness (QED) is 0.760. The molecule has 19 heavy (non-hydrogen) atoms. The molecule has 1 rings (SSSR count). The minimum absolute atomic E-state index is 0.00531. The van der Waals surface area contributed by atoms with E-state index in [4.69, 9.17) is 15.2 Å². The van der Waals surface area contributed by atoms with Gasteiger partial charge in [0, 0.05) is 31.5 Å². The summed E-state index contributed by atoms with van der Waals surface area (Å²) in [7, 11) is 1.62. The topological polar surface area (TPSA) is 64.8 Å². The van der Waals surface area contributed by atoms with E-state index in [1.54, 1.807) is 36.3 Å². The number of nitrogens with two attached hydrogens (primary N) is 1. The fourth-order valence-corrected chi connectivity index (χ4v) is 1.69. The van der Waals surface area contributed by atoms with Gasteiger partial charge in [-0.2, -0.15) is 0 Å². The number of amides is 1. The number of nitrogen functional groups attached to an aromatic ring is 1. The first-order valence-corrected chi connectivity index (χ1v) is 6.31. The molecule has 0 fully saturated rings. The van der Waals surface area contributed by atoms with E-state index in [1.807, 2.05) is 13.8 Å². The highest BCUT2D eigenvalue weighted by Gasteiger charge is 2.17. The van der Waals surface area contributed by atoms with Crippen molar-refractivity contribution in [2.24, 2.45) is 0 Å². The Labute approximate surface area is 114 Å². The highest BCUT2D eigenvalue weighted by Crippen LogP contribution is 2.14. The first kappa shape index (κ1) is 15.3. The maximum absolute atomic E-state index is 12.1. The van der Waals surface area contributed by atoms with Crippen LogP contribution in [0.4, 0.5) is 5.69 Å². The second kappa shape index (κ2) is 7.63. The Bertz CT molecular complexity index is 407. The number of benzene rings is 1. The van der Waals surface area contributed by atoms with Gasteiger partial charge >= 0.3 is 0 Å². The van der Waals surface area contributed by atoms with Crippen LogP contribution in [0.1, 0.15) is 13.8 Å². The van der Waals surface area contributed by atoms with Crippen LogP contribution in [0.3, 0.4) is 0 Å². The van der Waals surface area contributed by atoms with Gasteiger partial charge < -0.3 is 20.1 Å². The molecule has 0 unspecified atom stereocenters. The van der Waals surface area contributed by atoms with E-state index < -0.39 is 0 Å². The molecule has 0 saturated heterocycles. The van der Waals surface area contributed by atoms with Crippen LogP contribution in [-0.2, 0) is 9.53 Å². The van der Waals surface area contributed by atoms with Gasteiger partial charge in [0.25, 0.3) is 5.91 Å². The predicted octanol–water partition coefficient (Wildman–Crippen LogP) is 1.53. The maximum atomic E-state index is 12.1. The molecule has 0 bridgehead atoms. The average Bonchev–Trinajstić information content (AvgIpc) is 2.36. The summed E-state index contributed by atoms with van der Waals surface area (Å²) >= 11 is 0. The average molecular weight is 266 g/mol. The minimum Gasteiger partial charge on any atom is -0.484 e. The van der Waals surface area contributed by atoms with Crippen molar-refractivity contribution in [3.8, 4) is 5.75 Å². The van der Waals surface area contributed by atoms with Gasteiger partial charge in [-0.05, 0) is 26.0 Å². The van der Waals surface area contributed by atoms with Crippen molar-refractivity contribution in [2.75, 3.05) is 32.6 Å². The Morgan fingerprint density at radius 2 is 2.16 bits per heavy atom. The van der Waals surface area contributed by atoms with Gasteiger partial charge in [0.15, 0.2) is 6.61 Å². The zero-order valence-corrected chi connectivity index (χ0v) is 11.8. The van der Waals surface area contributed by atoms with E-state index in [1.165, 1.54) is 0 Å². The molecule has 0 aromatic heterocycles. The Hall–Kier alpha value is -1.75. The number of ether oxygens (including phenoxy) is 2. The number of rotatable bonds is 7. The Balaban J connectivity index is 2.52. The fraction of sp³-hybridized carbons (Fsp3) is 0.500. The molecule has 0 aliphatic rings. The van der Waals surface area contributed by atoms with Crippen molar-refractivity contribution in [3.63, 3.8) is 0 Å². The zero-order valence-electron chi connectivity index (χ0n) is 11.8. The molecule has 0 radical (unpaired) electrons. The predicted molar refractivity (Wildman–Crippen MR) is 75.1 cm³/mol. The number of hydrogen-bond acceptors (Lipinski definition) is 4. The van der Waals surface area contributed by atoms with Crippen molar-refractivity contribution in [3.05, 3.63) is 24.3 Å². The summed E-state index contributed by atoms with van der Waals surface area (Å²) in [6, 6.07) is 7.15. The van der Waals surface area contributed by atoms with Crippen molar-refractivity contribution in [2.45, 2.75) is 19.9 Å². The summed E-state index contributed by atoms with van der Waals surface area (Å²) in [6.07, 6.45) is 0. The number of nitrogens with zero attached hydrogens (tertiary/aromatic N) is 1. The van der Waals surface area contributed by atoms with Gasteiger partial charge in [-0.1, -0.05) is 6.07 Å². The largest absolute Gasteiger partial charge is 0.484 e. The van der Waals surface area contributed by atoms with E-state index in [-0.39, 0.29) is 18.6 Å². The van der Waals surface area contributed by atoms with Crippen LogP contribution in [0.25, 0.3) is 0 Å². The molecule has 5 heteroatoms. The van der Waals surface area contributed by atoms with E-state index in [0.717, 1.165) is 0 Å². The lowest BCUT2D eigenvalue weighted by molar-refractivity contribution is -0.135. The number of anilines is 1. The number of hydrogen-bond donors (Lipinski definition) is 1. The molecule has 0 saturated carbocycles. The van der Waals surface area contributed by atoms with Crippen LogP contribution in [0.2, 0.25) is 0 Å². The lowest BCUT2D eigenvalue weighted by atomic mass is 10.3. The second-order valence-corrected chi connectivity index (χ2v) is 4.53. The van der Waals surface area contributed by atoms with Gasteiger partial charge in [0.05, 0.1) is 6.61 Å². The van der Waals surface area contributed by atoms with E-state index in [9.17, 15) is 4.79 Å². The van der Waals surface area contributed by atoms with E-state index >= 15 is 0 Å². The summed E-state index contributed by atoms with van der Waals surface area (Å²) in [6.45, 7) is 5.02. The Morgan fingerprint density at radius 3 is 2.74 bits per heavy atom. The SMILES string of the molecule is COCCN(C(=O)COc1cccc(N)c1)C(C)C. The standard InChI is InChI=1S/C14H22N2O3/c1-11(2)16(7-8-18-3)14(17)10-19-13-6-4-5-12(15)9-13/h4-6,9,11H,7-8,10,15H2,1-3H3. The second-order valence-electron chi connectivity index (χ2n) is 4.53. The van der Waals surface area contributed by atoms with Crippen LogP contribution in [0.5, 0.6) is 5.75 Å². The van der Waals surface area contributed by atoms with Crippen LogP contribution in [0, 0.1) is 0 Å². The maximum Gasteiger partial charge on any atom is 0.260 e. The summed E-state index contributed by atoms with van der Waals surface area (Å²) in [5.74, 6) is 0.540. The summed E-state index contributed by atoms with van der Waals surface area (Å²) in [4.78, 5) is 13.8. The highest BCUT2D eigenvalue weighted by molar-refractivity contribution is 5.78. The monoisotopic (exact) mass is 266 g/mol. The first-order valence-electron chi connectivity index (χ1n) is 6.31. The lowest BCUT2D eigenvalue weighted by Crippen LogP contribution is -2.41. The van der Waals surface area contributed by atoms with Gasteiger partial charge in [-0.3, -0.25) is 4.79 Å². The molecule has 1 aromatic rings. The van der Waals surface area contributed by atoms with Crippen molar-refractivity contribution < 1.29 is 14.3 Å². The molecule has 0 atom stereocenters. The first-order chi connectivity index (χ1) is 9.04. The van der Waals surface area contributed by atoms with Crippen LogP contribution < -0.4 is 10.5 Å². The highest BCUT2D eigenvalue weighted by atomic mass is 16.5. The molecule has 0 aliphatic heterocycles. The normalized spacial score (nSPS) is 10.5. The fourth-order valence-electron chi connectivity index (χ4n) is 1.69. The van der Waals surface area contributed by atoms with Gasteiger partial charge in [-0.25, -0.2) is 0 Å². The van der Waals surface area contributed by atoms with Crippen LogP contribution >= 0.6 is 0 Å². The molecule has 0 heterocycles. The molecular weight excluding hydrogens is 244 g/mol. The molecule has 0 spiro atoms. The molecule has 2 N–H and O–H groups in total. The van der Waals surface area contributed by atoms with Gasteiger partial charge in [0.1, 0.15) is 5.75 Å². The van der Waals surface area contributed by atoms with Gasteiger partial charge in [0.2, 0.25) is 0 Å². The minimum atomic E-state index is -0.0607. The number of methoxy groups -OCH3 is 1. The summed E-state index contributed by atoms with van der Waals surface area (Å²) < 4.78 is 10.4. The van der Waals surface area contributed by atoms with Crippen molar-refractivity contribution >= 4 is 11.6 Å². The van der Waals surface area contributed by atoms with Crippen LogP contribution in [-0.4, -0.2) is 43.7 Å².